The highest BCUT2D eigenvalue weighted by atomic mass is 19.4. The van der Waals surface area contributed by atoms with Gasteiger partial charge in [-0.25, -0.2) is 0 Å². The molecule has 0 saturated carbocycles. The fourth-order valence-electron chi connectivity index (χ4n) is 2.46. The first kappa shape index (κ1) is 17.7. The minimum atomic E-state index is -4.41. The van der Waals surface area contributed by atoms with Crippen molar-refractivity contribution in [1.82, 2.24) is 24.9 Å². The molecule has 0 unspecified atom stereocenters. The van der Waals surface area contributed by atoms with Crippen molar-refractivity contribution in [2.24, 2.45) is 0 Å². The molecule has 1 fully saturated rings. The van der Waals surface area contributed by atoms with Crippen LogP contribution in [0.4, 0.5) is 13.2 Å². The van der Waals surface area contributed by atoms with Gasteiger partial charge in [0.1, 0.15) is 0 Å². The zero-order valence-electron chi connectivity index (χ0n) is 13.3. The fraction of sp³-hybridized carbons (Fsp3) is 0.714. The predicted molar refractivity (Wildman–Crippen MR) is 78.5 cm³/mol. The lowest BCUT2D eigenvalue weighted by molar-refractivity contribution is -0.141. The van der Waals surface area contributed by atoms with E-state index >= 15 is 0 Å². The minimum Gasteiger partial charge on any atom is -0.353 e. The van der Waals surface area contributed by atoms with E-state index in [1.807, 2.05) is 23.6 Å². The van der Waals surface area contributed by atoms with Gasteiger partial charge in [-0.15, -0.1) is 0 Å². The second-order valence-corrected chi connectivity index (χ2v) is 6.00. The van der Waals surface area contributed by atoms with Gasteiger partial charge in [-0.2, -0.15) is 18.3 Å². The summed E-state index contributed by atoms with van der Waals surface area (Å²) < 4.78 is 38.8. The molecule has 0 radical (unpaired) electrons. The fourth-order valence-corrected chi connectivity index (χ4v) is 2.46. The van der Waals surface area contributed by atoms with Gasteiger partial charge in [0.2, 0.25) is 5.91 Å². The molecule has 0 aromatic carbocycles. The van der Waals surface area contributed by atoms with Crippen molar-refractivity contribution in [2.45, 2.75) is 32.7 Å². The molecule has 0 spiro atoms. The number of alkyl halides is 3. The molecule has 1 aromatic rings. The van der Waals surface area contributed by atoms with E-state index in [4.69, 9.17) is 0 Å². The lowest BCUT2D eigenvalue weighted by Crippen LogP contribution is -2.50. The molecule has 0 atom stereocenters. The number of halogens is 3. The van der Waals surface area contributed by atoms with Crippen LogP contribution in [0.2, 0.25) is 0 Å². The van der Waals surface area contributed by atoms with E-state index in [0.29, 0.717) is 39.4 Å². The minimum absolute atomic E-state index is 0.00431. The highest BCUT2D eigenvalue weighted by molar-refractivity contribution is 5.78. The summed E-state index contributed by atoms with van der Waals surface area (Å²) in [7, 11) is 0. The molecule has 2 heterocycles. The molecule has 6 nitrogen and oxygen atoms in total. The molecular weight excluding hydrogens is 311 g/mol. The zero-order chi connectivity index (χ0) is 17.0. The summed E-state index contributed by atoms with van der Waals surface area (Å²) >= 11 is 0. The number of carbonyl (C=O) groups is 1. The molecule has 1 aliphatic rings. The van der Waals surface area contributed by atoms with Crippen LogP contribution < -0.4 is 5.32 Å². The number of carbonyl (C=O) groups excluding carboxylic acids is 1. The van der Waals surface area contributed by atoms with E-state index < -0.39 is 11.9 Å². The van der Waals surface area contributed by atoms with Crippen LogP contribution in [0.3, 0.4) is 0 Å². The average molecular weight is 333 g/mol. The van der Waals surface area contributed by atoms with E-state index in [0.717, 1.165) is 6.07 Å². The molecule has 1 saturated heterocycles. The number of aromatic nitrogens is 2. The smallest absolute Gasteiger partial charge is 0.353 e. The molecule has 0 bridgehead atoms. The normalized spacial score (nSPS) is 17.7. The third kappa shape index (κ3) is 5.51. The first-order valence-corrected chi connectivity index (χ1v) is 7.59. The van der Waals surface area contributed by atoms with Crippen molar-refractivity contribution in [1.29, 1.82) is 0 Å². The zero-order valence-corrected chi connectivity index (χ0v) is 13.3. The van der Waals surface area contributed by atoms with Gasteiger partial charge in [-0.05, 0) is 19.9 Å². The summed E-state index contributed by atoms with van der Waals surface area (Å²) in [6, 6.07) is 1.10. The Morgan fingerprint density at radius 2 is 1.87 bits per heavy atom. The quantitative estimate of drug-likeness (QED) is 0.874. The maximum atomic E-state index is 12.5. The highest BCUT2D eigenvalue weighted by Crippen LogP contribution is 2.27. The molecule has 1 amide bonds. The molecule has 0 aliphatic carbocycles. The Balaban J connectivity index is 1.76. The summed E-state index contributed by atoms with van der Waals surface area (Å²) in [6.45, 7) is 7.29. The largest absolute Gasteiger partial charge is 0.435 e. The van der Waals surface area contributed by atoms with Crippen LogP contribution in [-0.2, 0) is 17.6 Å². The number of piperazine rings is 1. The maximum absolute atomic E-state index is 12.5. The Labute approximate surface area is 133 Å². The summed E-state index contributed by atoms with van der Waals surface area (Å²) in [5, 5.41) is 6.39. The first-order valence-electron chi connectivity index (χ1n) is 7.59. The number of hydrogen-bond donors (Lipinski definition) is 1. The number of nitrogens with zero attached hydrogens (tertiary/aromatic N) is 4. The van der Waals surface area contributed by atoms with E-state index in [2.05, 4.69) is 10.4 Å². The monoisotopic (exact) mass is 333 g/mol. The van der Waals surface area contributed by atoms with Crippen LogP contribution in [0, 0.1) is 0 Å². The lowest BCUT2D eigenvalue weighted by Gasteiger charge is -2.34. The van der Waals surface area contributed by atoms with Gasteiger partial charge >= 0.3 is 6.18 Å². The van der Waals surface area contributed by atoms with Crippen LogP contribution in [0.5, 0.6) is 0 Å². The summed E-state index contributed by atoms with van der Waals surface area (Å²) in [5.41, 5.74) is -0.874. The van der Waals surface area contributed by atoms with Gasteiger partial charge in [0.05, 0.1) is 13.2 Å². The van der Waals surface area contributed by atoms with Gasteiger partial charge in [-0.3, -0.25) is 19.3 Å². The second-order valence-electron chi connectivity index (χ2n) is 6.00. The van der Waals surface area contributed by atoms with Crippen LogP contribution in [-0.4, -0.2) is 64.3 Å². The second kappa shape index (κ2) is 7.31. The Morgan fingerprint density at radius 3 is 2.39 bits per heavy atom. The summed E-state index contributed by atoms with van der Waals surface area (Å²) in [4.78, 5) is 15.8. The molecule has 130 valence electrons. The third-order valence-electron chi connectivity index (χ3n) is 3.56. The molecule has 1 aliphatic heterocycles. The van der Waals surface area contributed by atoms with Crippen LogP contribution in [0.25, 0.3) is 0 Å². The van der Waals surface area contributed by atoms with E-state index in [9.17, 15) is 18.0 Å². The first-order chi connectivity index (χ1) is 10.7. The van der Waals surface area contributed by atoms with Crippen LogP contribution in [0.15, 0.2) is 12.3 Å². The van der Waals surface area contributed by atoms with Crippen molar-refractivity contribution in [3.05, 3.63) is 18.0 Å². The molecular formula is C14H22F3N5O. The topological polar surface area (TPSA) is 53.4 Å². The Kier molecular flexibility index (Phi) is 5.64. The Morgan fingerprint density at radius 1 is 1.26 bits per heavy atom. The Bertz CT molecular complexity index is 521. The van der Waals surface area contributed by atoms with Crippen molar-refractivity contribution in [3.63, 3.8) is 0 Å². The van der Waals surface area contributed by atoms with E-state index in [1.54, 1.807) is 0 Å². The standard InChI is InChI=1S/C14H22F3N5O/c1-11(2)18-13(23)9-20-5-7-21(8-6-20)10-22-4-3-12(19-22)14(15,16)17/h3-4,11H,5-10H2,1-2H3,(H,18,23). The van der Waals surface area contributed by atoms with Crippen LogP contribution in [0.1, 0.15) is 19.5 Å². The molecule has 2 rings (SSSR count). The average Bonchev–Trinajstić information content (AvgIpc) is 2.88. The Hall–Kier alpha value is -1.61. The van der Waals surface area contributed by atoms with Crippen molar-refractivity contribution < 1.29 is 18.0 Å². The van der Waals surface area contributed by atoms with E-state index in [-0.39, 0.29) is 11.9 Å². The summed E-state index contributed by atoms with van der Waals surface area (Å²) in [5.74, 6) is -0.00431. The van der Waals surface area contributed by atoms with Gasteiger partial charge < -0.3 is 5.32 Å². The summed E-state index contributed by atoms with van der Waals surface area (Å²) in [6.07, 6.45) is -3.07. The van der Waals surface area contributed by atoms with Crippen molar-refractivity contribution in [3.8, 4) is 0 Å². The third-order valence-corrected chi connectivity index (χ3v) is 3.56. The highest BCUT2D eigenvalue weighted by Gasteiger charge is 2.33. The number of amides is 1. The molecule has 1 aromatic heterocycles. The van der Waals surface area contributed by atoms with Crippen molar-refractivity contribution in [2.75, 3.05) is 32.7 Å². The van der Waals surface area contributed by atoms with Gasteiger partial charge in [0.15, 0.2) is 5.69 Å². The molecule has 1 N–H and O–H groups in total. The SMILES string of the molecule is CC(C)NC(=O)CN1CCN(Cn2ccc(C(F)(F)F)n2)CC1. The van der Waals surface area contributed by atoms with Gasteiger partial charge in [0.25, 0.3) is 0 Å². The lowest BCUT2D eigenvalue weighted by atomic mass is 10.3. The molecule has 23 heavy (non-hydrogen) atoms. The number of rotatable bonds is 5. The van der Waals surface area contributed by atoms with E-state index in [1.165, 1.54) is 10.9 Å². The number of hydrogen-bond acceptors (Lipinski definition) is 4. The molecule has 9 heteroatoms. The van der Waals surface area contributed by atoms with Crippen LogP contribution >= 0.6 is 0 Å². The maximum Gasteiger partial charge on any atom is 0.435 e. The van der Waals surface area contributed by atoms with Crippen molar-refractivity contribution >= 4 is 5.91 Å². The van der Waals surface area contributed by atoms with Gasteiger partial charge in [0, 0.05) is 38.4 Å². The number of nitrogens with one attached hydrogen (secondary N) is 1. The van der Waals surface area contributed by atoms with Gasteiger partial charge in [-0.1, -0.05) is 0 Å². The predicted octanol–water partition coefficient (Wildman–Crippen LogP) is 1.00.